The van der Waals surface area contributed by atoms with Gasteiger partial charge in [-0.3, -0.25) is 4.98 Å². The highest BCUT2D eigenvalue weighted by molar-refractivity contribution is 7.89. The molecule has 1 aliphatic heterocycles. The molecule has 1 aliphatic rings. The molecule has 0 aliphatic carbocycles. The number of imidazole rings is 1. The molecule has 0 N–H and O–H groups in total. The first-order valence-corrected chi connectivity index (χ1v) is 8.45. The number of nitrogens with zero attached hydrogens (tertiary/aromatic N) is 4. The second kappa shape index (κ2) is 5.79. The zero-order chi connectivity index (χ0) is 15.7. The van der Waals surface area contributed by atoms with Crippen LogP contribution in [0.2, 0.25) is 0 Å². The van der Waals surface area contributed by atoms with E-state index < -0.39 is 10.0 Å². The van der Waals surface area contributed by atoms with Crippen molar-refractivity contribution in [3.8, 4) is 0 Å². The normalized spacial score (nSPS) is 19.1. The van der Waals surface area contributed by atoms with Gasteiger partial charge in [-0.25, -0.2) is 13.4 Å². The van der Waals surface area contributed by atoms with Crippen LogP contribution in [-0.4, -0.2) is 40.9 Å². The van der Waals surface area contributed by atoms with Crippen LogP contribution in [0.3, 0.4) is 0 Å². The van der Waals surface area contributed by atoms with E-state index in [1.807, 2.05) is 11.5 Å². The van der Waals surface area contributed by atoms with Crippen LogP contribution in [0.5, 0.6) is 0 Å². The number of hydrogen-bond acceptors (Lipinski definition) is 5. The van der Waals surface area contributed by atoms with Crippen LogP contribution in [0.25, 0.3) is 0 Å². The number of hydrogen-bond donors (Lipinski definition) is 0. The molecule has 118 valence electrons. The molecule has 0 radical (unpaired) electrons. The molecule has 0 saturated heterocycles. The molecule has 2 aromatic heterocycles. The maximum Gasteiger partial charge on any atom is 0.245 e. The summed E-state index contributed by atoms with van der Waals surface area (Å²) in [5.41, 5.74) is 0.961. The van der Waals surface area contributed by atoms with Crippen LogP contribution in [0, 0.1) is 0 Å². The zero-order valence-corrected chi connectivity index (χ0v) is 13.3. The van der Waals surface area contributed by atoms with Crippen LogP contribution in [0.15, 0.2) is 35.6 Å². The third kappa shape index (κ3) is 2.43. The van der Waals surface area contributed by atoms with Crippen molar-refractivity contribution in [2.75, 3.05) is 13.7 Å². The van der Waals surface area contributed by atoms with Crippen LogP contribution in [0.4, 0.5) is 0 Å². The topological polar surface area (TPSA) is 77.3 Å². The van der Waals surface area contributed by atoms with Crippen molar-refractivity contribution in [1.82, 2.24) is 18.8 Å². The van der Waals surface area contributed by atoms with E-state index in [9.17, 15) is 8.42 Å². The molecule has 0 unspecified atom stereocenters. The Balaban J connectivity index is 1.95. The Morgan fingerprint density at radius 2 is 2.18 bits per heavy atom. The second-order valence-corrected chi connectivity index (χ2v) is 7.06. The molecule has 22 heavy (non-hydrogen) atoms. The SMILES string of the molecule is COCc1cnc2n1CCN(S(=O)(=O)c1cccnc1)[C@@H]2C. The minimum absolute atomic E-state index is 0.207. The first kappa shape index (κ1) is 15.1. The molecule has 0 spiro atoms. The summed E-state index contributed by atoms with van der Waals surface area (Å²) < 4.78 is 34.2. The van der Waals surface area contributed by atoms with E-state index >= 15 is 0 Å². The van der Waals surface area contributed by atoms with E-state index in [0.29, 0.717) is 19.7 Å². The zero-order valence-electron chi connectivity index (χ0n) is 12.5. The number of rotatable bonds is 4. The lowest BCUT2D eigenvalue weighted by Crippen LogP contribution is -2.41. The molecule has 0 amide bonds. The summed E-state index contributed by atoms with van der Waals surface area (Å²) in [6.07, 6.45) is 4.68. The van der Waals surface area contributed by atoms with Gasteiger partial charge in [-0.2, -0.15) is 4.31 Å². The van der Waals surface area contributed by atoms with Gasteiger partial charge in [0.2, 0.25) is 10.0 Å². The van der Waals surface area contributed by atoms with Gasteiger partial charge < -0.3 is 9.30 Å². The van der Waals surface area contributed by atoms with Gasteiger partial charge in [0.05, 0.1) is 24.5 Å². The number of ether oxygens (including phenoxy) is 1. The highest BCUT2D eigenvalue weighted by atomic mass is 32.2. The molecule has 7 nitrogen and oxygen atoms in total. The van der Waals surface area contributed by atoms with Crippen molar-refractivity contribution < 1.29 is 13.2 Å². The summed E-state index contributed by atoms with van der Waals surface area (Å²) in [4.78, 5) is 8.48. The Bertz CT molecular complexity index is 758. The Labute approximate surface area is 129 Å². The molecule has 3 rings (SSSR count). The summed E-state index contributed by atoms with van der Waals surface area (Å²) in [6, 6.07) is 2.86. The first-order valence-electron chi connectivity index (χ1n) is 7.01. The average Bonchev–Trinajstić information content (AvgIpc) is 2.93. The van der Waals surface area contributed by atoms with Crippen LogP contribution in [0.1, 0.15) is 24.5 Å². The minimum atomic E-state index is -3.57. The molecule has 1 atom stereocenters. The fourth-order valence-electron chi connectivity index (χ4n) is 2.77. The van der Waals surface area contributed by atoms with Gasteiger partial charge in [0.25, 0.3) is 0 Å². The molecule has 3 heterocycles. The number of sulfonamides is 1. The number of fused-ring (bicyclic) bond motifs is 1. The van der Waals surface area contributed by atoms with E-state index in [1.54, 1.807) is 31.6 Å². The van der Waals surface area contributed by atoms with Crippen LogP contribution < -0.4 is 0 Å². The quantitative estimate of drug-likeness (QED) is 0.845. The van der Waals surface area contributed by atoms with E-state index in [2.05, 4.69) is 9.97 Å². The lowest BCUT2D eigenvalue weighted by molar-refractivity contribution is 0.173. The van der Waals surface area contributed by atoms with Crippen molar-refractivity contribution in [2.45, 2.75) is 31.0 Å². The summed E-state index contributed by atoms with van der Waals surface area (Å²) in [7, 11) is -1.94. The van der Waals surface area contributed by atoms with Gasteiger partial charge in [-0.15, -0.1) is 0 Å². The molecule has 0 aromatic carbocycles. The lowest BCUT2D eigenvalue weighted by Gasteiger charge is -2.33. The standard InChI is InChI=1S/C14H18N4O3S/c1-11-14-16-8-12(10-21-2)17(14)6-7-18(11)22(19,20)13-4-3-5-15-9-13/h3-5,8-9,11H,6-7,10H2,1-2H3/t11-/m1/s1. The summed E-state index contributed by atoms with van der Waals surface area (Å²) in [6.45, 7) is 3.29. The monoisotopic (exact) mass is 322 g/mol. The third-order valence-corrected chi connectivity index (χ3v) is 5.81. The van der Waals surface area contributed by atoms with E-state index in [4.69, 9.17) is 4.74 Å². The minimum Gasteiger partial charge on any atom is -0.378 e. The van der Waals surface area contributed by atoms with Gasteiger partial charge in [-0.1, -0.05) is 0 Å². The van der Waals surface area contributed by atoms with E-state index in [0.717, 1.165) is 11.5 Å². The Morgan fingerprint density at radius 1 is 1.36 bits per heavy atom. The van der Waals surface area contributed by atoms with Gasteiger partial charge in [0, 0.05) is 32.6 Å². The summed E-state index contributed by atoms with van der Waals surface area (Å²) >= 11 is 0. The summed E-state index contributed by atoms with van der Waals surface area (Å²) in [5.74, 6) is 0.741. The maximum atomic E-state index is 12.8. The molecular weight excluding hydrogens is 304 g/mol. The molecular formula is C14H18N4O3S. The van der Waals surface area contributed by atoms with Gasteiger partial charge in [-0.05, 0) is 19.1 Å². The van der Waals surface area contributed by atoms with Crippen molar-refractivity contribution in [3.05, 3.63) is 42.2 Å². The number of pyridine rings is 1. The van der Waals surface area contributed by atoms with Crippen molar-refractivity contribution in [1.29, 1.82) is 0 Å². The smallest absolute Gasteiger partial charge is 0.245 e. The highest BCUT2D eigenvalue weighted by Crippen LogP contribution is 2.30. The maximum absolute atomic E-state index is 12.8. The van der Waals surface area contributed by atoms with Crippen molar-refractivity contribution in [3.63, 3.8) is 0 Å². The highest BCUT2D eigenvalue weighted by Gasteiger charge is 2.35. The molecule has 0 bridgehead atoms. The predicted octanol–water partition coefficient (Wildman–Crippen LogP) is 1.19. The number of methoxy groups -OCH3 is 1. The molecule has 8 heteroatoms. The second-order valence-electron chi connectivity index (χ2n) is 5.17. The fourth-order valence-corrected chi connectivity index (χ4v) is 4.31. The van der Waals surface area contributed by atoms with Gasteiger partial charge in [0.15, 0.2) is 0 Å². The van der Waals surface area contributed by atoms with Crippen LogP contribution in [-0.2, 0) is 27.9 Å². The average molecular weight is 322 g/mol. The van der Waals surface area contributed by atoms with Crippen molar-refractivity contribution in [2.24, 2.45) is 0 Å². The van der Waals surface area contributed by atoms with Gasteiger partial charge in [0.1, 0.15) is 10.7 Å². The number of aromatic nitrogens is 3. The predicted molar refractivity (Wildman–Crippen MR) is 79.5 cm³/mol. The Morgan fingerprint density at radius 3 is 2.86 bits per heavy atom. The van der Waals surface area contributed by atoms with Gasteiger partial charge >= 0.3 is 0 Å². The Kier molecular flexibility index (Phi) is 3.98. The van der Waals surface area contributed by atoms with E-state index in [1.165, 1.54) is 10.5 Å². The molecule has 2 aromatic rings. The third-order valence-electron chi connectivity index (χ3n) is 3.85. The summed E-state index contributed by atoms with van der Waals surface area (Å²) in [5, 5.41) is 0. The van der Waals surface area contributed by atoms with Crippen LogP contribution >= 0.6 is 0 Å². The molecule has 0 fully saturated rings. The molecule has 0 saturated carbocycles. The van der Waals surface area contributed by atoms with Crippen molar-refractivity contribution >= 4 is 10.0 Å². The largest absolute Gasteiger partial charge is 0.378 e. The fraction of sp³-hybridized carbons (Fsp3) is 0.429. The first-order chi connectivity index (χ1) is 10.6. The van der Waals surface area contributed by atoms with E-state index in [-0.39, 0.29) is 10.9 Å². The lowest BCUT2D eigenvalue weighted by atomic mass is 10.2. The Hall–Kier alpha value is -1.77.